The third-order valence-corrected chi connectivity index (χ3v) is 5.93. The topological polar surface area (TPSA) is 99.5 Å². The van der Waals surface area contributed by atoms with E-state index < -0.39 is 35.0 Å². The summed E-state index contributed by atoms with van der Waals surface area (Å²) < 4.78 is 39.1. The van der Waals surface area contributed by atoms with Crippen LogP contribution in [0.4, 0.5) is 13.2 Å². The number of aromatic hydroxyl groups is 1. The number of carbonyl (C=O) groups is 2. The normalized spacial score (nSPS) is 21.5. The summed E-state index contributed by atoms with van der Waals surface area (Å²) in [5.41, 5.74) is -2.39. The number of alkyl halides is 3. The molecule has 0 unspecified atom stereocenters. The van der Waals surface area contributed by atoms with Crippen molar-refractivity contribution in [3.63, 3.8) is 0 Å². The highest BCUT2D eigenvalue weighted by Crippen LogP contribution is 2.36. The van der Waals surface area contributed by atoms with Crippen LogP contribution in [0.3, 0.4) is 0 Å². The summed E-state index contributed by atoms with van der Waals surface area (Å²) in [6.07, 6.45) is -0.643. The summed E-state index contributed by atoms with van der Waals surface area (Å²) in [6.45, 7) is 2.04. The molecular formula is C22H23F3N2O4. The molecule has 9 heteroatoms. The van der Waals surface area contributed by atoms with Crippen LogP contribution in [0, 0.1) is 5.92 Å². The van der Waals surface area contributed by atoms with E-state index in [0.29, 0.717) is 31.6 Å². The number of amides is 1. The van der Waals surface area contributed by atoms with Crippen molar-refractivity contribution in [2.45, 2.75) is 50.7 Å². The Kier molecular flexibility index (Phi) is 6.24. The van der Waals surface area contributed by atoms with Gasteiger partial charge in [-0.3, -0.25) is 4.79 Å². The van der Waals surface area contributed by atoms with Gasteiger partial charge < -0.3 is 15.5 Å². The van der Waals surface area contributed by atoms with Crippen LogP contribution in [0.25, 0.3) is 11.1 Å². The molecule has 0 radical (unpaired) electrons. The van der Waals surface area contributed by atoms with Crippen LogP contribution >= 0.6 is 0 Å². The number of nitrogens with one attached hydrogen (secondary N) is 1. The first-order valence-corrected chi connectivity index (χ1v) is 9.98. The third kappa shape index (κ3) is 4.81. The van der Waals surface area contributed by atoms with E-state index in [4.69, 9.17) is 0 Å². The lowest BCUT2D eigenvalue weighted by Gasteiger charge is -2.37. The molecule has 3 rings (SSSR count). The smallest absolute Gasteiger partial charge is 0.416 e. The predicted molar refractivity (Wildman–Crippen MR) is 106 cm³/mol. The van der Waals surface area contributed by atoms with Crippen LogP contribution in [0.1, 0.15) is 54.9 Å². The van der Waals surface area contributed by atoms with E-state index in [0.717, 1.165) is 24.8 Å². The van der Waals surface area contributed by atoms with Gasteiger partial charge in [-0.15, -0.1) is 0 Å². The second-order valence-electron chi connectivity index (χ2n) is 7.87. The van der Waals surface area contributed by atoms with Gasteiger partial charge in [0.25, 0.3) is 5.91 Å². The van der Waals surface area contributed by atoms with Crippen molar-refractivity contribution >= 4 is 11.9 Å². The van der Waals surface area contributed by atoms with Crippen molar-refractivity contribution in [2.75, 3.05) is 0 Å². The Morgan fingerprint density at radius 1 is 1.23 bits per heavy atom. The molecule has 1 aromatic heterocycles. The van der Waals surface area contributed by atoms with Gasteiger partial charge in [-0.1, -0.05) is 25.5 Å². The second kappa shape index (κ2) is 8.56. The van der Waals surface area contributed by atoms with Crippen LogP contribution in [-0.2, 0) is 11.0 Å². The molecule has 1 aromatic carbocycles. The summed E-state index contributed by atoms with van der Waals surface area (Å²) >= 11 is 0. The monoisotopic (exact) mass is 436 g/mol. The van der Waals surface area contributed by atoms with Gasteiger partial charge in [0.2, 0.25) is 5.88 Å². The van der Waals surface area contributed by atoms with E-state index >= 15 is 0 Å². The number of aromatic nitrogens is 1. The van der Waals surface area contributed by atoms with Crippen LogP contribution in [0.2, 0.25) is 0 Å². The van der Waals surface area contributed by atoms with E-state index in [1.165, 1.54) is 18.2 Å². The van der Waals surface area contributed by atoms with Crippen molar-refractivity contribution in [1.82, 2.24) is 10.3 Å². The minimum Gasteiger partial charge on any atom is -0.493 e. The van der Waals surface area contributed by atoms with E-state index in [9.17, 15) is 33.0 Å². The number of hydrogen-bond acceptors (Lipinski definition) is 4. The number of hydrogen-bond donors (Lipinski definition) is 3. The Balaban J connectivity index is 1.89. The molecule has 0 aliphatic heterocycles. The third-order valence-electron chi connectivity index (χ3n) is 5.93. The summed E-state index contributed by atoms with van der Waals surface area (Å²) in [7, 11) is 0. The quantitative estimate of drug-likeness (QED) is 0.635. The van der Waals surface area contributed by atoms with E-state index in [2.05, 4.69) is 10.3 Å². The Bertz CT molecular complexity index is 983. The molecule has 1 aliphatic carbocycles. The lowest BCUT2D eigenvalue weighted by molar-refractivity contribution is -0.146. The highest BCUT2D eigenvalue weighted by atomic mass is 19.4. The van der Waals surface area contributed by atoms with Gasteiger partial charge in [0, 0.05) is 11.8 Å². The van der Waals surface area contributed by atoms with Crippen molar-refractivity contribution in [3.05, 3.63) is 47.7 Å². The SMILES string of the molecule is CC[C@H]1CC[C@](NC(=O)c2cnc(O)c(-c3cccc(C(F)(F)F)c3)c2)(C(=O)O)CC1. The molecule has 1 heterocycles. The first-order chi connectivity index (χ1) is 14.6. The zero-order chi connectivity index (χ0) is 22.8. The molecule has 1 aliphatic rings. The van der Waals surface area contributed by atoms with Gasteiger partial charge in [-0.05, 0) is 55.4 Å². The number of halogens is 3. The lowest BCUT2D eigenvalue weighted by atomic mass is 9.75. The second-order valence-corrected chi connectivity index (χ2v) is 7.87. The molecule has 1 amide bonds. The van der Waals surface area contributed by atoms with Crippen molar-refractivity contribution in [2.24, 2.45) is 5.92 Å². The number of benzene rings is 1. The summed E-state index contributed by atoms with van der Waals surface area (Å²) in [4.78, 5) is 28.5. The van der Waals surface area contributed by atoms with E-state index in [1.807, 2.05) is 6.92 Å². The maximum Gasteiger partial charge on any atom is 0.416 e. The number of carboxylic acid groups (broad SMARTS) is 1. The fourth-order valence-corrected chi connectivity index (χ4v) is 3.92. The summed E-state index contributed by atoms with van der Waals surface area (Å²) in [5.74, 6) is -1.96. The van der Waals surface area contributed by atoms with Crippen LogP contribution in [-0.4, -0.2) is 32.6 Å². The molecule has 2 aromatic rings. The molecule has 166 valence electrons. The van der Waals surface area contributed by atoms with Gasteiger partial charge in [0.1, 0.15) is 5.54 Å². The van der Waals surface area contributed by atoms with Crippen LogP contribution < -0.4 is 5.32 Å². The standard InChI is InChI=1S/C22H23F3N2O4/c1-2-13-6-8-21(9-7-13,20(30)31)27-18(28)15-11-17(19(29)26-12-15)14-4-3-5-16(10-14)22(23,24)25/h3-5,10-13H,2,6-9H2,1H3,(H,26,29)(H,27,28)(H,30,31)/t13-,21+. The maximum absolute atomic E-state index is 13.0. The van der Waals surface area contributed by atoms with Crippen LogP contribution in [0.15, 0.2) is 36.5 Å². The van der Waals surface area contributed by atoms with Gasteiger partial charge in [0.15, 0.2) is 0 Å². The lowest BCUT2D eigenvalue weighted by Crippen LogP contribution is -2.56. The molecular weight excluding hydrogens is 413 g/mol. The number of nitrogens with zero attached hydrogens (tertiary/aromatic N) is 1. The molecule has 6 nitrogen and oxygen atoms in total. The highest BCUT2D eigenvalue weighted by molar-refractivity contribution is 5.98. The first kappa shape index (κ1) is 22.6. The summed E-state index contributed by atoms with van der Waals surface area (Å²) in [6, 6.07) is 5.51. The van der Waals surface area contributed by atoms with E-state index in [1.54, 1.807) is 0 Å². The van der Waals surface area contributed by atoms with Crippen molar-refractivity contribution < 1.29 is 33.0 Å². The zero-order valence-corrected chi connectivity index (χ0v) is 16.9. The molecule has 1 fully saturated rings. The van der Waals surface area contributed by atoms with Crippen molar-refractivity contribution in [3.8, 4) is 17.0 Å². The summed E-state index contributed by atoms with van der Waals surface area (Å²) in [5, 5.41) is 22.4. The fraction of sp³-hybridized carbons (Fsp3) is 0.409. The predicted octanol–water partition coefficient (Wildman–Crippen LogP) is 4.63. The van der Waals surface area contributed by atoms with Gasteiger partial charge in [0.05, 0.1) is 11.1 Å². The van der Waals surface area contributed by atoms with Crippen molar-refractivity contribution in [1.29, 1.82) is 0 Å². The van der Waals surface area contributed by atoms with Crippen LogP contribution in [0.5, 0.6) is 5.88 Å². The Morgan fingerprint density at radius 3 is 2.48 bits per heavy atom. The molecule has 0 saturated heterocycles. The molecule has 0 spiro atoms. The minimum absolute atomic E-state index is 0.0332. The molecule has 0 atom stereocenters. The average molecular weight is 436 g/mol. The Labute approximate surface area is 177 Å². The molecule has 31 heavy (non-hydrogen) atoms. The van der Waals surface area contributed by atoms with E-state index in [-0.39, 0.29) is 16.7 Å². The van der Waals surface area contributed by atoms with Gasteiger partial charge >= 0.3 is 12.1 Å². The number of aliphatic carboxylic acids is 1. The largest absolute Gasteiger partial charge is 0.493 e. The molecule has 3 N–H and O–H groups in total. The number of rotatable bonds is 5. The maximum atomic E-state index is 13.0. The molecule has 1 saturated carbocycles. The zero-order valence-electron chi connectivity index (χ0n) is 16.9. The average Bonchev–Trinajstić information content (AvgIpc) is 2.74. The number of carboxylic acids is 1. The Morgan fingerprint density at radius 2 is 1.90 bits per heavy atom. The highest BCUT2D eigenvalue weighted by Gasteiger charge is 2.43. The first-order valence-electron chi connectivity index (χ1n) is 9.98. The minimum atomic E-state index is -4.57. The molecule has 0 bridgehead atoms. The van der Waals surface area contributed by atoms with Gasteiger partial charge in [-0.25, -0.2) is 9.78 Å². The van der Waals surface area contributed by atoms with Gasteiger partial charge in [-0.2, -0.15) is 13.2 Å². The number of carbonyl (C=O) groups excluding carboxylic acids is 1. The fourth-order valence-electron chi connectivity index (χ4n) is 3.92. The number of pyridine rings is 1. The Hall–Kier alpha value is -3.10.